The lowest BCUT2D eigenvalue weighted by molar-refractivity contribution is -0.756. The molecule has 18 heavy (non-hydrogen) atoms. The number of quaternary nitrogens is 1. The molecular formula is C16H18NSi+. The second kappa shape index (κ2) is 4.07. The highest BCUT2D eigenvalue weighted by Gasteiger charge is 2.35. The first-order valence-electron chi connectivity index (χ1n) is 6.34. The molecule has 1 nitrogen and oxygen atoms in total. The zero-order chi connectivity index (χ0) is 12.8. The Balaban J connectivity index is 2.15. The van der Waals surface area contributed by atoms with Crippen LogP contribution in [-0.4, -0.2) is 35.0 Å². The summed E-state index contributed by atoms with van der Waals surface area (Å²) in [6, 6.07) is 17.7. The van der Waals surface area contributed by atoms with Crippen LogP contribution in [0.25, 0.3) is 11.1 Å². The molecule has 0 saturated carbocycles. The van der Waals surface area contributed by atoms with Crippen molar-refractivity contribution in [3.05, 3.63) is 59.7 Å². The SMILES string of the molecule is C[N+](C)(C)[Si]C1c2ccccc2-c2ccccc21. The van der Waals surface area contributed by atoms with Crippen LogP contribution in [0.3, 0.4) is 0 Å². The largest absolute Gasteiger partial charge is 0.404 e. The van der Waals surface area contributed by atoms with Gasteiger partial charge in [-0.25, -0.2) is 0 Å². The Bertz CT molecular complexity index is 538. The smallest absolute Gasteiger partial charge is 0.387 e. The van der Waals surface area contributed by atoms with Crippen LogP contribution in [0.5, 0.6) is 0 Å². The lowest BCUT2D eigenvalue weighted by Gasteiger charge is -2.26. The molecule has 2 radical (unpaired) electrons. The van der Waals surface area contributed by atoms with Gasteiger partial charge in [-0.1, -0.05) is 48.5 Å². The predicted octanol–water partition coefficient (Wildman–Crippen LogP) is 3.08. The third kappa shape index (κ3) is 1.92. The fourth-order valence-corrected chi connectivity index (χ4v) is 4.24. The number of fused-ring (bicyclic) bond motifs is 3. The Morgan fingerprint density at radius 2 is 1.22 bits per heavy atom. The van der Waals surface area contributed by atoms with Gasteiger partial charge >= 0.3 is 9.68 Å². The van der Waals surface area contributed by atoms with Crippen molar-refractivity contribution < 1.29 is 4.15 Å². The van der Waals surface area contributed by atoms with E-state index in [4.69, 9.17) is 0 Å². The minimum atomic E-state index is 0.567. The lowest BCUT2D eigenvalue weighted by Crippen LogP contribution is -2.41. The molecule has 0 spiro atoms. The molecule has 3 rings (SSSR count). The molecule has 0 unspecified atom stereocenters. The average molecular weight is 252 g/mol. The molecule has 0 N–H and O–H groups in total. The van der Waals surface area contributed by atoms with E-state index in [0.717, 1.165) is 13.8 Å². The van der Waals surface area contributed by atoms with Crippen LogP contribution in [0.1, 0.15) is 16.7 Å². The van der Waals surface area contributed by atoms with E-state index in [1.807, 2.05) is 0 Å². The van der Waals surface area contributed by atoms with Crippen LogP contribution in [0.15, 0.2) is 48.5 Å². The Kier molecular flexibility index (Phi) is 2.65. The minimum absolute atomic E-state index is 0.567. The number of hydrogen-bond acceptors (Lipinski definition) is 0. The summed E-state index contributed by atoms with van der Waals surface area (Å²) < 4.78 is 1.02. The Labute approximate surface area is 112 Å². The molecular weight excluding hydrogens is 234 g/mol. The van der Waals surface area contributed by atoms with Crippen LogP contribution in [0.2, 0.25) is 0 Å². The molecule has 0 saturated heterocycles. The van der Waals surface area contributed by atoms with Crippen molar-refractivity contribution in [3.63, 3.8) is 0 Å². The van der Waals surface area contributed by atoms with Crippen LogP contribution < -0.4 is 0 Å². The Morgan fingerprint density at radius 1 is 0.778 bits per heavy atom. The van der Waals surface area contributed by atoms with E-state index >= 15 is 0 Å². The minimum Gasteiger partial charge on any atom is -0.387 e. The standard InChI is InChI=1S/C16H18NSi/c1-17(2,3)18-16-14-10-6-4-8-12(14)13-9-5-7-11-15(13)16/h4-11,16H,1-3H3/q+1. The van der Waals surface area contributed by atoms with E-state index in [2.05, 4.69) is 69.7 Å². The molecule has 2 aromatic rings. The normalized spacial score (nSPS) is 14.4. The maximum absolute atomic E-state index is 2.29. The molecule has 2 heteroatoms. The highest BCUT2D eigenvalue weighted by Crippen LogP contribution is 2.44. The van der Waals surface area contributed by atoms with Gasteiger partial charge in [0, 0.05) is 0 Å². The van der Waals surface area contributed by atoms with Crippen molar-refractivity contribution in [1.29, 1.82) is 0 Å². The lowest BCUT2D eigenvalue weighted by atomic mass is 10.1. The highest BCUT2D eigenvalue weighted by molar-refractivity contribution is 6.32. The molecule has 90 valence electrons. The average Bonchev–Trinajstić information content (AvgIpc) is 2.64. The second-order valence-corrected chi connectivity index (χ2v) is 7.93. The molecule has 1 aliphatic carbocycles. The zero-order valence-electron chi connectivity index (χ0n) is 11.1. The Hall–Kier alpha value is -1.38. The summed E-state index contributed by atoms with van der Waals surface area (Å²) in [5.74, 6) is 0. The number of nitrogens with zero attached hydrogens (tertiary/aromatic N) is 1. The first-order valence-corrected chi connectivity index (χ1v) is 7.36. The molecule has 0 fully saturated rings. The molecule has 0 heterocycles. The summed E-state index contributed by atoms with van der Waals surface area (Å²) in [5, 5.41) is 0. The highest BCUT2D eigenvalue weighted by atomic mass is 28.2. The summed E-state index contributed by atoms with van der Waals surface area (Å²) in [7, 11) is 7.71. The topological polar surface area (TPSA) is 0 Å². The monoisotopic (exact) mass is 252 g/mol. The van der Waals surface area contributed by atoms with Gasteiger partial charge in [-0.05, 0) is 22.3 Å². The van der Waals surface area contributed by atoms with Crippen LogP contribution in [0, 0.1) is 0 Å². The fourth-order valence-electron chi connectivity index (χ4n) is 2.68. The summed E-state index contributed by atoms with van der Waals surface area (Å²) >= 11 is 0. The van der Waals surface area contributed by atoms with E-state index in [0.29, 0.717) is 5.54 Å². The Morgan fingerprint density at radius 3 is 1.67 bits per heavy atom. The van der Waals surface area contributed by atoms with Gasteiger partial charge in [-0.3, -0.25) is 0 Å². The van der Waals surface area contributed by atoms with Crippen molar-refractivity contribution in [2.45, 2.75) is 5.54 Å². The zero-order valence-corrected chi connectivity index (χ0v) is 12.1. The summed E-state index contributed by atoms with van der Waals surface area (Å²) in [4.78, 5) is 0. The van der Waals surface area contributed by atoms with Gasteiger partial charge < -0.3 is 4.15 Å². The van der Waals surface area contributed by atoms with Gasteiger partial charge in [0.1, 0.15) is 0 Å². The number of benzene rings is 2. The first kappa shape index (κ1) is 11.7. The molecule has 0 atom stereocenters. The van der Waals surface area contributed by atoms with Crippen LogP contribution in [0.4, 0.5) is 0 Å². The second-order valence-electron chi connectivity index (χ2n) is 5.75. The van der Waals surface area contributed by atoms with Crippen molar-refractivity contribution in [2.24, 2.45) is 0 Å². The molecule has 2 aromatic carbocycles. The summed E-state index contributed by atoms with van der Waals surface area (Å²) in [6.07, 6.45) is 0. The molecule has 0 aliphatic heterocycles. The van der Waals surface area contributed by atoms with E-state index in [1.165, 1.54) is 22.3 Å². The summed E-state index contributed by atoms with van der Waals surface area (Å²) in [5.41, 5.74) is 6.44. The third-order valence-electron chi connectivity index (χ3n) is 3.35. The third-order valence-corrected chi connectivity index (χ3v) is 5.00. The van der Waals surface area contributed by atoms with Crippen molar-refractivity contribution in [3.8, 4) is 11.1 Å². The molecule has 1 aliphatic rings. The van der Waals surface area contributed by atoms with Crippen molar-refractivity contribution in [1.82, 2.24) is 0 Å². The molecule has 0 bridgehead atoms. The fraction of sp³-hybridized carbons (Fsp3) is 0.250. The van der Waals surface area contributed by atoms with Gasteiger partial charge in [0.05, 0.1) is 26.7 Å². The predicted molar refractivity (Wildman–Crippen MR) is 77.5 cm³/mol. The van der Waals surface area contributed by atoms with Gasteiger partial charge in [-0.15, -0.1) is 0 Å². The van der Waals surface area contributed by atoms with E-state index in [-0.39, 0.29) is 0 Å². The van der Waals surface area contributed by atoms with Gasteiger partial charge in [0.25, 0.3) is 0 Å². The maximum Gasteiger partial charge on any atom is 0.404 e. The van der Waals surface area contributed by atoms with E-state index in [1.54, 1.807) is 0 Å². The summed E-state index contributed by atoms with van der Waals surface area (Å²) in [6.45, 7) is 0. The number of hydrogen-bond donors (Lipinski definition) is 0. The van der Waals surface area contributed by atoms with Gasteiger partial charge in [0.2, 0.25) is 0 Å². The van der Waals surface area contributed by atoms with Crippen molar-refractivity contribution in [2.75, 3.05) is 21.1 Å². The van der Waals surface area contributed by atoms with Crippen LogP contribution in [-0.2, 0) is 0 Å². The van der Waals surface area contributed by atoms with Gasteiger partial charge in [-0.2, -0.15) is 0 Å². The van der Waals surface area contributed by atoms with E-state index < -0.39 is 0 Å². The van der Waals surface area contributed by atoms with E-state index in [9.17, 15) is 0 Å². The van der Waals surface area contributed by atoms with Crippen LogP contribution >= 0.6 is 0 Å². The molecule has 0 amide bonds. The maximum atomic E-state index is 2.29. The molecule has 0 aromatic heterocycles. The first-order chi connectivity index (χ1) is 8.56. The van der Waals surface area contributed by atoms with Crippen molar-refractivity contribution >= 4 is 9.68 Å². The quantitative estimate of drug-likeness (QED) is 0.721. The van der Waals surface area contributed by atoms with Gasteiger partial charge in [0.15, 0.2) is 0 Å². The number of rotatable bonds is 2.